The molecule has 0 aliphatic heterocycles. The number of halogens is 3. The van der Waals surface area contributed by atoms with Crippen molar-refractivity contribution in [3.63, 3.8) is 0 Å². The zero-order valence-electron chi connectivity index (χ0n) is 18.4. The van der Waals surface area contributed by atoms with Crippen LogP contribution in [0.5, 0.6) is 5.75 Å². The minimum Gasteiger partial charge on any atom is -0.482 e. The van der Waals surface area contributed by atoms with Gasteiger partial charge in [-0.15, -0.1) is 0 Å². The first kappa shape index (κ1) is 26.7. The van der Waals surface area contributed by atoms with Crippen molar-refractivity contribution >= 4 is 57.6 Å². The highest BCUT2D eigenvalue weighted by molar-refractivity contribution is 14.1. The van der Waals surface area contributed by atoms with E-state index in [1.807, 2.05) is 18.2 Å². The zero-order chi connectivity index (χ0) is 24.8. The highest BCUT2D eigenvalue weighted by Crippen LogP contribution is 2.31. The number of para-hydroxylation sites is 1. The van der Waals surface area contributed by atoms with Crippen molar-refractivity contribution in [2.75, 3.05) is 13.2 Å². The van der Waals surface area contributed by atoms with Gasteiger partial charge in [0, 0.05) is 32.0 Å². The van der Waals surface area contributed by atoms with Crippen LogP contribution in [0.3, 0.4) is 0 Å². The lowest BCUT2D eigenvalue weighted by Gasteiger charge is -2.40. The monoisotopic (exact) mass is 618 g/mol. The first-order chi connectivity index (χ1) is 16.2. The molecule has 0 fully saturated rings. The van der Waals surface area contributed by atoms with Crippen LogP contribution in [0.4, 0.5) is 0 Å². The number of benzene rings is 2. The van der Waals surface area contributed by atoms with Gasteiger partial charge in [0.1, 0.15) is 18.0 Å². The molecule has 0 saturated heterocycles. The van der Waals surface area contributed by atoms with Gasteiger partial charge in [0.25, 0.3) is 0 Å². The van der Waals surface area contributed by atoms with Crippen molar-refractivity contribution in [3.05, 3.63) is 73.3 Å². The summed E-state index contributed by atoms with van der Waals surface area (Å²) < 4.78 is 6.93. The van der Waals surface area contributed by atoms with E-state index in [9.17, 15) is 14.7 Å². The Kier molecular flexibility index (Phi) is 9.61. The summed E-state index contributed by atoms with van der Waals surface area (Å²) in [4.78, 5) is 26.9. The van der Waals surface area contributed by atoms with Crippen LogP contribution in [0.1, 0.15) is 18.9 Å². The van der Waals surface area contributed by atoms with Gasteiger partial charge in [0.2, 0.25) is 11.8 Å². The lowest BCUT2D eigenvalue weighted by atomic mass is 9.88. The Morgan fingerprint density at radius 3 is 2.59 bits per heavy atom. The van der Waals surface area contributed by atoms with Gasteiger partial charge in [-0.05, 0) is 58.5 Å². The summed E-state index contributed by atoms with van der Waals surface area (Å²) in [5.74, 6) is -0.112. The molecular weight excluding hydrogens is 594 g/mol. The number of hydrogen-bond donors (Lipinski definition) is 3. The van der Waals surface area contributed by atoms with Crippen LogP contribution in [-0.4, -0.2) is 58.3 Å². The Morgan fingerprint density at radius 1 is 1.21 bits per heavy atom. The summed E-state index contributed by atoms with van der Waals surface area (Å²) >= 11 is 14.3. The Hall–Kier alpha value is -1.85. The van der Waals surface area contributed by atoms with Crippen LogP contribution in [0, 0.1) is 3.57 Å². The molecule has 0 heterocycles. The van der Waals surface area contributed by atoms with Gasteiger partial charge < -0.3 is 25.2 Å². The summed E-state index contributed by atoms with van der Waals surface area (Å²) in [5, 5.41) is 23.7. The van der Waals surface area contributed by atoms with E-state index in [1.165, 1.54) is 11.8 Å². The quantitative estimate of drug-likeness (QED) is 0.393. The number of aliphatic hydroxyl groups is 2. The van der Waals surface area contributed by atoms with Crippen molar-refractivity contribution in [2.24, 2.45) is 0 Å². The Balaban J connectivity index is 1.94. The largest absolute Gasteiger partial charge is 0.482 e. The van der Waals surface area contributed by atoms with Gasteiger partial charge in [0.15, 0.2) is 0 Å². The minimum atomic E-state index is -1.10. The zero-order valence-corrected chi connectivity index (χ0v) is 22.0. The molecule has 3 unspecified atom stereocenters. The molecule has 2 aromatic carbocycles. The van der Waals surface area contributed by atoms with Crippen molar-refractivity contribution in [3.8, 4) is 5.75 Å². The molecule has 3 N–H and O–H groups in total. The van der Waals surface area contributed by atoms with Crippen LogP contribution in [0.15, 0.2) is 54.1 Å². The number of hydrogen-bond acceptors (Lipinski definition) is 5. The summed E-state index contributed by atoms with van der Waals surface area (Å²) in [6.07, 6.45) is -0.281. The van der Waals surface area contributed by atoms with E-state index >= 15 is 0 Å². The summed E-state index contributed by atoms with van der Waals surface area (Å²) in [6.45, 7) is 1.45. The summed E-state index contributed by atoms with van der Waals surface area (Å²) in [6, 6.07) is 11.7. The number of ether oxygens (including phenoxy) is 1. The number of carbonyl (C=O) groups excluding carboxylic acids is 2. The molecule has 2 aromatic rings. The Morgan fingerprint density at radius 2 is 1.94 bits per heavy atom. The van der Waals surface area contributed by atoms with Gasteiger partial charge in [-0.3, -0.25) is 9.59 Å². The molecule has 0 spiro atoms. The van der Waals surface area contributed by atoms with Crippen molar-refractivity contribution in [1.82, 2.24) is 10.2 Å². The Bertz CT molecular complexity index is 1080. The van der Waals surface area contributed by atoms with Crippen LogP contribution < -0.4 is 10.1 Å². The average Bonchev–Trinajstić information content (AvgIpc) is 2.81. The first-order valence-electron chi connectivity index (χ1n) is 10.6. The van der Waals surface area contributed by atoms with E-state index in [1.54, 1.807) is 30.3 Å². The number of amides is 2. The Labute approximate surface area is 221 Å². The number of aliphatic hydroxyl groups excluding tert-OH is 2. The normalized spacial score (nSPS) is 19.8. The van der Waals surface area contributed by atoms with Crippen molar-refractivity contribution in [1.29, 1.82) is 0 Å². The lowest BCUT2D eigenvalue weighted by Crippen LogP contribution is -2.54. The number of rotatable bonds is 8. The van der Waals surface area contributed by atoms with E-state index in [2.05, 4.69) is 27.9 Å². The predicted molar refractivity (Wildman–Crippen MR) is 139 cm³/mol. The maximum absolute atomic E-state index is 12.7. The SMILES string of the molecule is CC(=O)N(Cc1ccc(Cl)c(Cl)c1)C1CC(C(=O)NCCO)=CC(Oc2ccccc2I)C1O. The maximum Gasteiger partial charge on any atom is 0.247 e. The topological polar surface area (TPSA) is 99.1 Å². The van der Waals surface area contributed by atoms with Gasteiger partial charge >= 0.3 is 0 Å². The molecule has 1 aliphatic rings. The molecule has 0 bridgehead atoms. The standard InChI is InChI=1S/C24H25Cl2IN2O5/c1-14(31)29(13-15-6-7-17(25)18(26)10-15)20-11-16(24(33)28-8-9-30)12-22(23(20)32)34-21-5-3-2-4-19(21)27/h2-7,10,12,20,22-23,30,32H,8-9,11,13H2,1H3,(H,28,33). The molecular formula is C24H25Cl2IN2O5. The summed E-state index contributed by atoms with van der Waals surface area (Å²) in [5.41, 5.74) is 1.09. The third-order valence-electron chi connectivity index (χ3n) is 5.46. The average molecular weight is 619 g/mol. The van der Waals surface area contributed by atoms with Crippen LogP contribution >= 0.6 is 45.8 Å². The van der Waals surface area contributed by atoms with E-state index in [0.29, 0.717) is 21.4 Å². The second-order valence-electron chi connectivity index (χ2n) is 7.84. The van der Waals surface area contributed by atoms with E-state index in [4.69, 9.17) is 33.0 Å². The molecule has 2 amide bonds. The minimum absolute atomic E-state index is 0.0885. The lowest BCUT2D eigenvalue weighted by molar-refractivity contribution is -0.137. The molecule has 7 nitrogen and oxygen atoms in total. The van der Waals surface area contributed by atoms with E-state index in [0.717, 1.165) is 9.13 Å². The molecule has 0 radical (unpaired) electrons. The second-order valence-corrected chi connectivity index (χ2v) is 9.82. The highest BCUT2D eigenvalue weighted by Gasteiger charge is 2.40. The third-order valence-corrected chi connectivity index (χ3v) is 7.09. The van der Waals surface area contributed by atoms with Gasteiger partial charge in [-0.2, -0.15) is 0 Å². The highest BCUT2D eigenvalue weighted by atomic mass is 127. The molecule has 0 aromatic heterocycles. The van der Waals surface area contributed by atoms with Crippen LogP contribution in [0.25, 0.3) is 0 Å². The molecule has 10 heteroatoms. The van der Waals surface area contributed by atoms with Crippen molar-refractivity contribution < 1.29 is 24.5 Å². The van der Waals surface area contributed by atoms with Crippen LogP contribution in [-0.2, 0) is 16.1 Å². The van der Waals surface area contributed by atoms with Gasteiger partial charge in [0.05, 0.1) is 26.3 Å². The molecule has 0 saturated carbocycles. The van der Waals surface area contributed by atoms with Gasteiger partial charge in [-0.25, -0.2) is 0 Å². The molecule has 34 heavy (non-hydrogen) atoms. The number of carbonyl (C=O) groups is 2. The maximum atomic E-state index is 12.7. The summed E-state index contributed by atoms with van der Waals surface area (Å²) in [7, 11) is 0. The fourth-order valence-electron chi connectivity index (χ4n) is 3.76. The smallest absolute Gasteiger partial charge is 0.247 e. The third kappa shape index (κ3) is 6.63. The first-order valence-corrected chi connectivity index (χ1v) is 12.4. The molecule has 1 aliphatic carbocycles. The molecule has 3 rings (SSSR count). The molecule has 3 atom stereocenters. The number of nitrogens with zero attached hydrogens (tertiary/aromatic N) is 1. The number of nitrogens with one attached hydrogen (secondary N) is 1. The van der Waals surface area contributed by atoms with E-state index in [-0.39, 0.29) is 37.9 Å². The second kappa shape index (κ2) is 12.2. The molecule has 182 valence electrons. The van der Waals surface area contributed by atoms with E-state index < -0.39 is 18.2 Å². The van der Waals surface area contributed by atoms with Crippen molar-refractivity contribution in [2.45, 2.75) is 38.1 Å². The fraction of sp³-hybridized carbons (Fsp3) is 0.333. The fourth-order valence-corrected chi connectivity index (χ4v) is 4.60. The van der Waals surface area contributed by atoms with Crippen LogP contribution in [0.2, 0.25) is 10.0 Å². The van der Waals surface area contributed by atoms with Gasteiger partial charge in [-0.1, -0.05) is 41.4 Å². The predicted octanol–water partition coefficient (Wildman–Crippen LogP) is 3.56.